The van der Waals surface area contributed by atoms with E-state index in [1.165, 1.54) is 6.42 Å². The van der Waals surface area contributed by atoms with Crippen LogP contribution in [0.15, 0.2) is 0 Å². The predicted octanol–water partition coefficient (Wildman–Crippen LogP) is 1.66. The summed E-state index contributed by atoms with van der Waals surface area (Å²) < 4.78 is 5.06. The second kappa shape index (κ2) is 6.62. The van der Waals surface area contributed by atoms with Crippen LogP contribution in [0, 0.1) is 5.92 Å². The monoisotopic (exact) mass is 159 g/mol. The highest BCUT2D eigenvalue weighted by molar-refractivity contribution is 4.66. The minimum absolute atomic E-state index is 0.565. The molecule has 0 saturated carbocycles. The molecule has 0 aliphatic rings. The molecule has 2 unspecified atom stereocenters. The van der Waals surface area contributed by atoms with Gasteiger partial charge in [0, 0.05) is 13.2 Å². The maximum absolute atomic E-state index is 5.06. The summed E-state index contributed by atoms with van der Waals surface area (Å²) in [5, 5.41) is 3.44. The second-order valence-corrected chi connectivity index (χ2v) is 3.18. The van der Waals surface area contributed by atoms with Crippen LogP contribution < -0.4 is 5.32 Å². The van der Waals surface area contributed by atoms with E-state index in [0.717, 1.165) is 13.2 Å². The van der Waals surface area contributed by atoms with Crippen molar-refractivity contribution < 1.29 is 4.74 Å². The van der Waals surface area contributed by atoms with Crippen LogP contribution in [0.5, 0.6) is 0 Å². The molecule has 0 aromatic carbocycles. The Balaban J connectivity index is 3.38. The third kappa shape index (κ3) is 5.22. The van der Waals surface area contributed by atoms with E-state index in [9.17, 15) is 0 Å². The smallest absolute Gasteiger partial charge is 0.0502 e. The Kier molecular flexibility index (Phi) is 6.57. The fraction of sp³-hybridized carbons (Fsp3) is 1.00. The molecule has 2 nitrogen and oxygen atoms in total. The lowest BCUT2D eigenvalue weighted by molar-refractivity contribution is 0.143. The highest BCUT2D eigenvalue weighted by atomic mass is 16.5. The molecule has 0 bridgehead atoms. The number of ether oxygens (including phenoxy) is 1. The Morgan fingerprint density at radius 1 is 1.36 bits per heavy atom. The highest BCUT2D eigenvalue weighted by Gasteiger charge is 2.09. The largest absolute Gasteiger partial charge is 0.384 e. The Labute approximate surface area is 70.3 Å². The van der Waals surface area contributed by atoms with Gasteiger partial charge in [0.2, 0.25) is 0 Å². The van der Waals surface area contributed by atoms with E-state index < -0.39 is 0 Å². The first-order chi connectivity index (χ1) is 5.22. The first-order valence-corrected chi connectivity index (χ1v) is 4.44. The topological polar surface area (TPSA) is 21.3 Å². The second-order valence-electron chi connectivity index (χ2n) is 3.18. The van der Waals surface area contributed by atoms with Gasteiger partial charge in [0.05, 0.1) is 6.61 Å². The van der Waals surface area contributed by atoms with E-state index in [4.69, 9.17) is 4.74 Å². The lowest BCUT2D eigenvalue weighted by atomic mass is 10.1. The van der Waals surface area contributed by atoms with Crippen molar-refractivity contribution in [3.8, 4) is 0 Å². The molecule has 68 valence electrons. The summed E-state index contributed by atoms with van der Waals surface area (Å²) in [4.78, 5) is 0. The van der Waals surface area contributed by atoms with Crippen molar-refractivity contribution in [1.82, 2.24) is 5.32 Å². The minimum atomic E-state index is 0.565. The van der Waals surface area contributed by atoms with Gasteiger partial charge in [-0.1, -0.05) is 13.8 Å². The highest BCUT2D eigenvalue weighted by Crippen LogP contribution is 2.01. The summed E-state index contributed by atoms with van der Waals surface area (Å²) in [5.74, 6) is 0.603. The van der Waals surface area contributed by atoms with Crippen LogP contribution in [0.1, 0.15) is 27.2 Å². The molecule has 0 radical (unpaired) electrons. The standard InChI is InChI=1S/C9H21NO/c1-5-6-10-9(3)8(2)7-11-4/h8-10H,5-7H2,1-4H3. The number of nitrogens with one attached hydrogen (secondary N) is 1. The fourth-order valence-electron chi connectivity index (χ4n) is 0.980. The number of rotatable bonds is 6. The van der Waals surface area contributed by atoms with Gasteiger partial charge in [0.1, 0.15) is 0 Å². The molecule has 0 rings (SSSR count). The Morgan fingerprint density at radius 3 is 2.45 bits per heavy atom. The van der Waals surface area contributed by atoms with Crippen molar-refractivity contribution in [3.05, 3.63) is 0 Å². The molecule has 0 aliphatic heterocycles. The lowest BCUT2D eigenvalue weighted by Gasteiger charge is -2.19. The van der Waals surface area contributed by atoms with E-state index in [1.807, 2.05) is 0 Å². The van der Waals surface area contributed by atoms with E-state index in [0.29, 0.717) is 12.0 Å². The van der Waals surface area contributed by atoms with E-state index >= 15 is 0 Å². The Morgan fingerprint density at radius 2 is 2.00 bits per heavy atom. The molecule has 0 spiro atoms. The van der Waals surface area contributed by atoms with Gasteiger partial charge in [0.25, 0.3) is 0 Å². The molecule has 0 aromatic rings. The summed E-state index contributed by atoms with van der Waals surface area (Å²) in [7, 11) is 1.75. The van der Waals surface area contributed by atoms with Crippen molar-refractivity contribution in [1.29, 1.82) is 0 Å². The first kappa shape index (κ1) is 10.9. The van der Waals surface area contributed by atoms with Gasteiger partial charge >= 0.3 is 0 Å². The average Bonchev–Trinajstić information content (AvgIpc) is 2.00. The summed E-state index contributed by atoms with van der Waals surface area (Å²) in [6.45, 7) is 8.55. The molecule has 1 N–H and O–H groups in total. The zero-order valence-electron chi connectivity index (χ0n) is 8.18. The SMILES string of the molecule is CCCNC(C)C(C)COC. The van der Waals surface area contributed by atoms with Crippen molar-refractivity contribution in [3.63, 3.8) is 0 Å². The molecule has 2 heteroatoms. The normalized spacial score (nSPS) is 16.4. The van der Waals surface area contributed by atoms with Crippen LogP contribution in [0.4, 0.5) is 0 Å². The molecule has 0 heterocycles. The van der Waals surface area contributed by atoms with Crippen molar-refractivity contribution >= 4 is 0 Å². The summed E-state index contributed by atoms with van der Waals surface area (Å²) >= 11 is 0. The van der Waals surface area contributed by atoms with Gasteiger partial charge in [-0.3, -0.25) is 0 Å². The van der Waals surface area contributed by atoms with Crippen LogP contribution >= 0.6 is 0 Å². The zero-order chi connectivity index (χ0) is 8.69. The zero-order valence-corrected chi connectivity index (χ0v) is 8.18. The minimum Gasteiger partial charge on any atom is -0.384 e. The molecule has 11 heavy (non-hydrogen) atoms. The third-order valence-electron chi connectivity index (χ3n) is 2.00. The molecule has 2 atom stereocenters. The van der Waals surface area contributed by atoms with Gasteiger partial charge in [-0.25, -0.2) is 0 Å². The third-order valence-corrected chi connectivity index (χ3v) is 2.00. The van der Waals surface area contributed by atoms with E-state index in [2.05, 4.69) is 26.1 Å². The predicted molar refractivity (Wildman–Crippen MR) is 48.8 cm³/mol. The van der Waals surface area contributed by atoms with Gasteiger partial charge in [0.15, 0.2) is 0 Å². The molecular formula is C9H21NO. The number of methoxy groups -OCH3 is 1. The first-order valence-electron chi connectivity index (χ1n) is 4.44. The Bertz CT molecular complexity index is 85.6. The molecule has 0 aromatic heterocycles. The summed E-state index contributed by atoms with van der Waals surface area (Å²) in [6, 6.07) is 0.565. The molecule has 0 amide bonds. The lowest BCUT2D eigenvalue weighted by Crippen LogP contribution is -2.34. The van der Waals surface area contributed by atoms with Crippen molar-refractivity contribution in [2.45, 2.75) is 33.2 Å². The maximum atomic E-state index is 5.06. The quantitative estimate of drug-likeness (QED) is 0.636. The average molecular weight is 159 g/mol. The van der Waals surface area contributed by atoms with E-state index in [1.54, 1.807) is 7.11 Å². The van der Waals surface area contributed by atoms with Gasteiger partial charge < -0.3 is 10.1 Å². The van der Waals surface area contributed by atoms with Crippen LogP contribution in [0.25, 0.3) is 0 Å². The molecule has 0 fully saturated rings. The summed E-state index contributed by atoms with van der Waals surface area (Å²) in [6.07, 6.45) is 1.20. The van der Waals surface area contributed by atoms with Crippen molar-refractivity contribution in [2.75, 3.05) is 20.3 Å². The number of hydrogen-bond acceptors (Lipinski definition) is 2. The van der Waals surface area contributed by atoms with Gasteiger partial charge in [-0.15, -0.1) is 0 Å². The van der Waals surface area contributed by atoms with Crippen molar-refractivity contribution in [2.24, 2.45) is 5.92 Å². The van der Waals surface area contributed by atoms with Crippen LogP contribution in [0.2, 0.25) is 0 Å². The molecule has 0 saturated heterocycles. The Hall–Kier alpha value is -0.0800. The molecular weight excluding hydrogens is 138 g/mol. The fourth-order valence-corrected chi connectivity index (χ4v) is 0.980. The van der Waals surface area contributed by atoms with Gasteiger partial charge in [-0.05, 0) is 25.8 Å². The molecule has 0 aliphatic carbocycles. The van der Waals surface area contributed by atoms with E-state index in [-0.39, 0.29) is 0 Å². The van der Waals surface area contributed by atoms with Gasteiger partial charge in [-0.2, -0.15) is 0 Å². The van der Waals surface area contributed by atoms with Crippen LogP contribution in [-0.4, -0.2) is 26.3 Å². The summed E-state index contributed by atoms with van der Waals surface area (Å²) in [5.41, 5.74) is 0. The van der Waals surface area contributed by atoms with Crippen LogP contribution in [0.3, 0.4) is 0 Å². The van der Waals surface area contributed by atoms with Crippen LogP contribution in [-0.2, 0) is 4.74 Å². The number of hydrogen-bond donors (Lipinski definition) is 1. The maximum Gasteiger partial charge on any atom is 0.0502 e.